The lowest BCUT2D eigenvalue weighted by Gasteiger charge is -2.34. The first-order valence-corrected chi connectivity index (χ1v) is 12.0. The van der Waals surface area contributed by atoms with Crippen molar-refractivity contribution in [1.29, 1.82) is 0 Å². The molecule has 0 aliphatic carbocycles. The predicted molar refractivity (Wildman–Crippen MR) is 151 cm³/mol. The van der Waals surface area contributed by atoms with Crippen molar-refractivity contribution in [2.45, 2.75) is 20.8 Å². The lowest BCUT2D eigenvalue weighted by molar-refractivity contribution is 1.01. The third-order valence-corrected chi connectivity index (χ3v) is 6.63. The summed E-state index contributed by atoms with van der Waals surface area (Å²) in [5.41, 5.74) is 9.62. The Labute approximate surface area is 207 Å². The molecule has 0 fully saturated rings. The minimum absolute atomic E-state index is 1.05. The lowest BCUT2D eigenvalue weighted by Crippen LogP contribution is -2.31. The van der Waals surface area contributed by atoms with Gasteiger partial charge in [0.05, 0.1) is 27.9 Å². The standard InChI is InChI=1S/C26H22N2.C7H8/c1-5-17(2)24-19(4)21-14-10-16-23-26(21)28(24)25-18(3)11-9-15-22(25)27(23)20-12-7-6-8-13-20;1-7-5-3-2-4-6-7/h5-16H,1,4H2,2-3H3;2-6H,1H3/b24-17+;. The summed E-state index contributed by atoms with van der Waals surface area (Å²) in [5, 5.41) is 3.38. The van der Waals surface area contributed by atoms with Gasteiger partial charge in [0.1, 0.15) is 0 Å². The van der Waals surface area contributed by atoms with Gasteiger partial charge in [-0.3, -0.25) is 0 Å². The van der Waals surface area contributed by atoms with E-state index in [1.165, 1.54) is 39.1 Å². The molecule has 1 aliphatic heterocycles. The van der Waals surface area contributed by atoms with Gasteiger partial charge < -0.3 is 9.47 Å². The SMILES string of the molecule is C=C/C(C)=c1\c(=C)c2cccc3c2n1-c1c(C)cccc1N3c1ccccc1.Cc1ccccc1. The van der Waals surface area contributed by atoms with Gasteiger partial charge in [0.25, 0.3) is 0 Å². The van der Waals surface area contributed by atoms with Crippen LogP contribution in [0, 0.1) is 13.8 Å². The van der Waals surface area contributed by atoms with Gasteiger partial charge in [0.15, 0.2) is 0 Å². The minimum Gasteiger partial charge on any atom is -0.306 e. The van der Waals surface area contributed by atoms with E-state index in [2.05, 4.69) is 122 Å². The van der Waals surface area contributed by atoms with Crippen LogP contribution in [0.15, 0.2) is 110 Å². The molecule has 0 spiro atoms. The second kappa shape index (κ2) is 9.15. The fourth-order valence-corrected chi connectivity index (χ4v) is 4.93. The number of aromatic nitrogens is 1. The molecule has 35 heavy (non-hydrogen) atoms. The van der Waals surface area contributed by atoms with Crippen LogP contribution in [-0.2, 0) is 0 Å². The molecule has 0 saturated heterocycles. The normalized spacial score (nSPS) is 12.5. The second-order valence-corrected chi connectivity index (χ2v) is 8.99. The van der Waals surface area contributed by atoms with Crippen molar-refractivity contribution in [1.82, 2.24) is 4.57 Å². The van der Waals surface area contributed by atoms with E-state index in [-0.39, 0.29) is 0 Å². The Morgan fingerprint density at radius 1 is 0.743 bits per heavy atom. The van der Waals surface area contributed by atoms with Crippen molar-refractivity contribution in [2.24, 2.45) is 0 Å². The number of fused-ring (bicyclic) bond motifs is 2. The first-order valence-electron chi connectivity index (χ1n) is 12.0. The zero-order chi connectivity index (χ0) is 24.5. The van der Waals surface area contributed by atoms with Crippen molar-refractivity contribution >= 4 is 40.1 Å². The van der Waals surface area contributed by atoms with Crippen molar-refractivity contribution < 1.29 is 0 Å². The molecule has 0 amide bonds. The highest BCUT2D eigenvalue weighted by Gasteiger charge is 2.28. The molecule has 6 rings (SSSR count). The number of benzene rings is 4. The maximum absolute atomic E-state index is 4.45. The van der Waals surface area contributed by atoms with Crippen molar-refractivity contribution in [3.63, 3.8) is 0 Å². The van der Waals surface area contributed by atoms with Gasteiger partial charge in [-0.05, 0) is 56.2 Å². The summed E-state index contributed by atoms with van der Waals surface area (Å²) < 4.78 is 2.38. The maximum Gasteiger partial charge on any atom is 0.0783 e. The number of para-hydroxylation sites is 3. The highest BCUT2D eigenvalue weighted by atomic mass is 15.2. The highest BCUT2D eigenvalue weighted by molar-refractivity contribution is 6.03. The molecular weight excluding hydrogens is 424 g/mol. The topological polar surface area (TPSA) is 8.17 Å². The third-order valence-electron chi connectivity index (χ3n) is 6.63. The van der Waals surface area contributed by atoms with Gasteiger partial charge >= 0.3 is 0 Å². The first kappa shape index (κ1) is 22.5. The Morgan fingerprint density at radius 3 is 2.00 bits per heavy atom. The third kappa shape index (κ3) is 3.77. The number of nitrogens with zero attached hydrogens (tertiary/aromatic N) is 2. The van der Waals surface area contributed by atoms with E-state index >= 15 is 0 Å². The van der Waals surface area contributed by atoms with Gasteiger partial charge in [-0.2, -0.15) is 0 Å². The molecule has 2 heteroatoms. The van der Waals surface area contributed by atoms with Crippen LogP contribution in [0.4, 0.5) is 17.1 Å². The Kier molecular flexibility index (Phi) is 5.88. The Bertz CT molecular complexity index is 1640. The number of allylic oxidation sites excluding steroid dienone is 1. The van der Waals surface area contributed by atoms with E-state index in [4.69, 9.17) is 0 Å². The Hall–Kier alpha value is -4.30. The van der Waals surface area contributed by atoms with Crippen molar-refractivity contribution in [3.8, 4) is 5.69 Å². The smallest absolute Gasteiger partial charge is 0.0783 e. The monoisotopic (exact) mass is 454 g/mol. The molecular formula is C33H30N2. The van der Waals surface area contributed by atoms with Gasteiger partial charge in [-0.25, -0.2) is 0 Å². The molecule has 0 radical (unpaired) electrons. The zero-order valence-corrected chi connectivity index (χ0v) is 20.6. The maximum atomic E-state index is 4.45. The van der Waals surface area contributed by atoms with E-state index in [9.17, 15) is 0 Å². The van der Waals surface area contributed by atoms with Crippen LogP contribution < -0.4 is 15.5 Å². The Morgan fingerprint density at radius 2 is 1.37 bits per heavy atom. The molecule has 5 aromatic rings. The summed E-state index contributed by atoms with van der Waals surface area (Å²) >= 11 is 0. The molecule has 172 valence electrons. The van der Waals surface area contributed by atoms with Crippen LogP contribution in [0.3, 0.4) is 0 Å². The fraction of sp³-hybridized carbons (Fsp3) is 0.0909. The molecule has 0 N–H and O–H groups in total. The summed E-state index contributed by atoms with van der Waals surface area (Å²) in [6, 6.07) is 33.8. The first-order chi connectivity index (χ1) is 17.0. The van der Waals surface area contributed by atoms with Crippen molar-refractivity contribution in [2.75, 3.05) is 4.90 Å². The molecule has 0 saturated carbocycles. The van der Waals surface area contributed by atoms with Crippen LogP contribution in [0.25, 0.3) is 28.7 Å². The number of hydrogen-bond donors (Lipinski definition) is 0. The van der Waals surface area contributed by atoms with E-state index in [0.29, 0.717) is 0 Å². The van der Waals surface area contributed by atoms with E-state index in [0.717, 1.165) is 21.8 Å². The average Bonchev–Trinajstić information content (AvgIpc) is 3.18. The zero-order valence-electron chi connectivity index (χ0n) is 20.6. The number of aryl methyl sites for hydroxylation is 2. The number of anilines is 3. The predicted octanol–water partition coefficient (Wildman–Crippen LogP) is 7.48. The fourth-order valence-electron chi connectivity index (χ4n) is 4.93. The summed E-state index contributed by atoms with van der Waals surface area (Å²) in [5.74, 6) is 0. The minimum atomic E-state index is 1.05. The molecule has 2 nitrogen and oxygen atoms in total. The molecule has 4 aromatic carbocycles. The molecule has 2 heterocycles. The average molecular weight is 455 g/mol. The van der Waals surface area contributed by atoms with Crippen LogP contribution in [-0.4, -0.2) is 4.57 Å². The molecule has 0 unspecified atom stereocenters. The van der Waals surface area contributed by atoms with Crippen molar-refractivity contribution in [3.05, 3.63) is 131 Å². The number of rotatable bonds is 2. The quantitative estimate of drug-likeness (QED) is 0.263. The summed E-state index contributed by atoms with van der Waals surface area (Å²) in [6.45, 7) is 14.8. The van der Waals surface area contributed by atoms with Gasteiger partial charge in [-0.15, -0.1) is 0 Å². The van der Waals surface area contributed by atoms with Gasteiger partial charge in [0, 0.05) is 16.3 Å². The molecule has 1 aliphatic rings. The van der Waals surface area contributed by atoms with E-state index < -0.39 is 0 Å². The van der Waals surface area contributed by atoms with Gasteiger partial charge in [-0.1, -0.05) is 97.6 Å². The lowest BCUT2D eigenvalue weighted by atomic mass is 10.1. The van der Waals surface area contributed by atoms with Crippen LogP contribution >= 0.6 is 0 Å². The number of hydrogen-bond acceptors (Lipinski definition) is 1. The summed E-state index contributed by atoms with van der Waals surface area (Å²) in [6.07, 6.45) is 1.92. The largest absolute Gasteiger partial charge is 0.306 e. The van der Waals surface area contributed by atoms with E-state index in [1.54, 1.807) is 0 Å². The van der Waals surface area contributed by atoms with E-state index in [1.807, 2.05) is 24.3 Å². The van der Waals surface area contributed by atoms with Crippen LogP contribution in [0.2, 0.25) is 0 Å². The second-order valence-electron chi connectivity index (χ2n) is 8.99. The molecule has 0 atom stereocenters. The van der Waals surface area contributed by atoms with Crippen LogP contribution in [0.5, 0.6) is 0 Å². The highest BCUT2D eigenvalue weighted by Crippen LogP contribution is 2.45. The Balaban J connectivity index is 0.000000313. The summed E-state index contributed by atoms with van der Waals surface area (Å²) in [7, 11) is 0. The van der Waals surface area contributed by atoms with Gasteiger partial charge in [0.2, 0.25) is 0 Å². The molecule has 0 bridgehead atoms. The van der Waals surface area contributed by atoms with Crippen LogP contribution in [0.1, 0.15) is 18.1 Å². The summed E-state index contributed by atoms with van der Waals surface area (Å²) in [4.78, 5) is 2.36. The molecule has 1 aromatic heterocycles.